The summed E-state index contributed by atoms with van der Waals surface area (Å²) in [6.45, 7) is 6.28. The van der Waals surface area contributed by atoms with E-state index in [4.69, 9.17) is 4.74 Å². The van der Waals surface area contributed by atoms with Crippen LogP contribution in [0.25, 0.3) is 16.9 Å². The smallest absolute Gasteiger partial charge is 0.137 e. The molecule has 2 aromatic heterocycles. The Morgan fingerprint density at radius 2 is 1.75 bits per heavy atom. The minimum Gasteiger partial charge on any atom is -0.496 e. The molecule has 0 aliphatic heterocycles. The van der Waals surface area contributed by atoms with Crippen molar-refractivity contribution in [2.24, 2.45) is 0 Å². The summed E-state index contributed by atoms with van der Waals surface area (Å²) in [4.78, 5) is 4.69. The molecule has 1 aromatic carbocycles. The van der Waals surface area contributed by atoms with Crippen LogP contribution in [0.3, 0.4) is 0 Å². The van der Waals surface area contributed by atoms with Gasteiger partial charge in [0.05, 0.1) is 12.8 Å². The molecular weight excluding hydrogens is 248 g/mol. The highest BCUT2D eigenvalue weighted by Gasteiger charge is 2.11. The van der Waals surface area contributed by atoms with Crippen molar-refractivity contribution in [3.63, 3.8) is 0 Å². The summed E-state index contributed by atoms with van der Waals surface area (Å²) in [5, 5.41) is 0. The van der Waals surface area contributed by atoms with Gasteiger partial charge < -0.3 is 9.14 Å². The zero-order valence-electron chi connectivity index (χ0n) is 12.3. The number of rotatable bonds is 2. The van der Waals surface area contributed by atoms with Gasteiger partial charge >= 0.3 is 0 Å². The Labute approximate surface area is 118 Å². The van der Waals surface area contributed by atoms with Gasteiger partial charge in [-0.2, -0.15) is 0 Å². The first kappa shape index (κ1) is 12.7. The number of methoxy groups -OCH3 is 1. The van der Waals surface area contributed by atoms with E-state index in [1.165, 1.54) is 16.7 Å². The lowest BCUT2D eigenvalue weighted by atomic mass is 10.0. The largest absolute Gasteiger partial charge is 0.496 e. The topological polar surface area (TPSA) is 26.5 Å². The number of aryl methyl sites for hydroxylation is 3. The SMILES string of the molecule is COc1cc(C)c(C)cc1-c1cn2cc(C)ccc2n1. The summed E-state index contributed by atoms with van der Waals surface area (Å²) < 4.78 is 7.56. The van der Waals surface area contributed by atoms with Gasteiger partial charge in [0.2, 0.25) is 0 Å². The molecule has 3 rings (SSSR count). The number of hydrogen-bond donors (Lipinski definition) is 0. The molecule has 3 aromatic rings. The lowest BCUT2D eigenvalue weighted by Crippen LogP contribution is -1.91. The lowest BCUT2D eigenvalue weighted by molar-refractivity contribution is 0.416. The van der Waals surface area contributed by atoms with Crippen LogP contribution in [0.2, 0.25) is 0 Å². The Balaban J connectivity index is 2.22. The monoisotopic (exact) mass is 266 g/mol. The van der Waals surface area contributed by atoms with Crippen LogP contribution in [0.4, 0.5) is 0 Å². The summed E-state index contributed by atoms with van der Waals surface area (Å²) in [6, 6.07) is 8.32. The zero-order valence-corrected chi connectivity index (χ0v) is 12.3. The van der Waals surface area contributed by atoms with Crippen molar-refractivity contribution in [2.75, 3.05) is 7.11 Å². The van der Waals surface area contributed by atoms with Crippen LogP contribution in [0.5, 0.6) is 5.75 Å². The summed E-state index contributed by atoms with van der Waals surface area (Å²) >= 11 is 0. The van der Waals surface area contributed by atoms with Gasteiger partial charge in [0.15, 0.2) is 0 Å². The van der Waals surface area contributed by atoms with Gasteiger partial charge in [-0.15, -0.1) is 0 Å². The van der Waals surface area contributed by atoms with Crippen molar-refractivity contribution in [3.8, 4) is 17.0 Å². The van der Waals surface area contributed by atoms with Gasteiger partial charge in [0.25, 0.3) is 0 Å². The fraction of sp³-hybridized carbons (Fsp3) is 0.235. The molecule has 0 unspecified atom stereocenters. The van der Waals surface area contributed by atoms with Crippen molar-refractivity contribution in [2.45, 2.75) is 20.8 Å². The van der Waals surface area contributed by atoms with Gasteiger partial charge in [-0.3, -0.25) is 0 Å². The molecule has 102 valence electrons. The average molecular weight is 266 g/mol. The summed E-state index contributed by atoms with van der Waals surface area (Å²) in [5.74, 6) is 0.869. The molecule has 0 bridgehead atoms. The molecule has 2 heterocycles. The van der Waals surface area contributed by atoms with Crippen LogP contribution in [0, 0.1) is 20.8 Å². The quantitative estimate of drug-likeness (QED) is 0.702. The fourth-order valence-corrected chi connectivity index (χ4v) is 2.39. The van der Waals surface area contributed by atoms with Crippen molar-refractivity contribution < 1.29 is 4.74 Å². The number of fused-ring (bicyclic) bond motifs is 1. The van der Waals surface area contributed by atoms with Crippen LogP contribution < -0.4 is 4.74 Å². The van der Waals surface area contributed by atoms with E-state index in [9.17, 15) is 0 Å². The molecule has 0 spiro atoms. The third kappa shape index (κ3) is 2.05. The molecule has 20 heavy (non-hydrogen) atoms. The van der Waals surface area contributed by atoms with Gasteiger partial charge in [-0.25, -0.2) is 4.98 Å². The third-order valence-corrected chi connectivity index (χ3v) is 3.69. The van der Waals surface area contributed by atoms with E-state index in [1.54, 1.807) is 7.11 Å². The lowest BCUT2D eigenvalue weighted by Gasteiger charge is -2.09. The average Bonchev–Trinajstić information content (AvgIpc) is 2.84. The normalized spacial score (nSPS) is 11.0. The molecule has 3 heteroatoms. The summed E-state index contributed by atoms with van der Waals surface area (Å²) in [6.07, 6.45) is 4.13. The number of imidazole rings is 1. The molecule has 0 saturated carbocycles. The van der Waals surface area contributed by atoms with Gasteiger partial charge in [-0.1, -0.05) is 6.07 Å². The second-order valence-electron chi connectivity index (χ2n) is 5.23. The Kier molecular flexibility index (Phi) is 2.97. The Bertz CT molecular complexity index is 787. The van der Waals surface area contributed by atoms with Crippen molar-refractivity contribution in [1.82, 2.24) is 9.38 Å². The Hall–Kier alpha value is -2.29. The number of aromatic nitrogens is 2. The molecule has 0 saturated heterocycles. The van der Waals surface area contributed by atoms with E-state index in [1.807, 2.05) is 6.07 Å². The second-order valence-corrected chi connectivity index (χ2v) is 5.23. The second kappa shape index (κ2) is 4.67. The van der Waals surface area contributed by atoms with E-state index in [-0.39, 0.29) is 0 Å². The molecule has 0 radical (unpaired) electrons. The highest BCUT2D eigenvalue weighted by atomic mass is 16.5. The summed E-state index contributed by atoms with van der Waals surface area (Å²) in [7, 11) is 1.70. The van der Waals surface area contributed by atoms with Crippen LogP contribution in [0.1, 0.15) is 16.7 Å². The molecule has 3 nitrogen and oxygen atoms in total. The van der Waals surface area contributed by atoms with Crippen molar-refractivity contribution in [3.05, 3.63) is 53.3 Å². The van der Waals surface area contributed by atoms with E-state index < -0.39 is 0 Å². The minimum atomic E-state index is 0.869. The predicted molar refractivity (Wildman–Crippen MR) is 81.4 cm³/mol. The highest BCUT2D eigenvalue weighted by Crippen LogP contribution is 2.32. The molecule has 0 atom stereocenters. The van der Waals surface area contributed by atoms with Crippen LogP contribution >= 0.6 is 0 Å². The first-order valence-electron chi connectivity index (χ1n) is 6.69. The highest BCUT2D eigenvalue weighted by molar-refractivity contribution is 5.71. The third-order valence-electron chi connectivity index (χ3n) is 3.69. The number of nitrogens with zero attached hydrogens (tertiary/aromatic N) is 2. The maximum atomic E-state index is 5.51. The number of pyridine rings is 1. The maximum Gasteiger partial charge on any atom is 0.137 e. The minimum absolute atomic E-state index is 0.869. The maximum absolute atomic E-state index is 5.51. The number of ether oxygens (including phenoxy) is 1. The van der Waals surface area contributed by atoms with E-state index in [0.29, 0.717) is 0 Å². The van der Waals surface area contributed by atoms with Gasteiger partial charge in [-0.05, 0) is 55.7 Å². The molecule has 0 aliphatic carbocycles. The molecule has 0 fully saturated rings. The van der Waals surface area contributed by atoms with Crippen molar-refractivity contribution in [1.29, 1.82) is 0 Å². The predicted octanol–water partition coefficient (Wildman–Crippen LogP) is 3.94. The number of benzene rings is 1. The Morgan fingerprint density at radius 3 is 2.50 bits per heavy atom. The van der Waals surface area contributed by atoms with E-state index in [2.05, 4.69) is 60.7 Å². The molecular formula is C17H18N2O. The molecule has 0 N–H and O–H groups in total. The molecule has 0 aliphatic rings. The van der Waals surface area contributed by atoms with Crippen LogP contribution in [0.15, 0.2) is 36.7 Å². The van der Waals surface area contributed by atoms with Gasteiger partial charge in [0.1, 0.15) is 11.4 Å². The summed E-state index contributed by atoms with van der Waals surface area (Å²) in [5.41, 5.74) is 6.62. The Morgan fingerprint density at radius 1 is 1.00 bits per heavy atom. The van der Waals surface area contributed by atoms with Gasteiger partial charge in [0, 0.05) is 18.0 Å². The van der Waals surface area contributed by atoms with Crippen LogP contribution in [-0.4, -0.2) is 16.5 Å². The van der Waals surface area contributed by atoms with Crippen LogP contribution in [-0.2, 0) is 0 Å². The number of hydrogen-bond acceptors (Lipinski definition) is 2. The fourth-order valence-electron chi connectivity index (χ4n) is 2.39. The first-order valence-corrected chi connectivity index (χ1v) is 6.69. The zero-order chi connectivity index (χ0) is 14.3. The van der Waals surface area contributed by atoms with Crippen molar-refractivity contribution >= 4 is 5.65 Å². The standard InChI is InChI=1S/C17H18N2O/c1-11-5-6-17-18-15(10-19(17)9-11)14-7-12(2)13(3)8-16(14)20-4/h5-10H,1-4H3. The first-order chi connectivity index (χ1) is 9.58. The van der Waals surface area contributed by atoms with E-state index in [0.717, 1.165) is 22.7 Å². The van der Waals surface area contributed by atoms with E-state index >= 15 is 0 Å². The molecule has 0 amide bonds.